The van der Waals surface area contributed by atoms with E-state index in [1.807, 2.05) is 5.38 Å². The SMILES string of the molecule is O=C(CN(CCO)C1CCCCC1)Nc1nc(-c2ccc(F)cc2)cs1. The van der Waals surface area contributed by atoms with Gasteiger partial charge in [0.2, 0.25) is 5.91 Å². The van der Waals surface area contributed by atoms with Gasteiger partial charge in [-0.25, -0.2) is 9.37 Å². The Morgan fingerprint density at radius 3 is 2.69 bits per heavy atom. The van der Waals surface area contributed by atoms with Gasteiger partial charge < -0.3 is 10.4 Å². The molecule has 7 heteroatoms. The zero-order valence-corrected chi connectivity index (χ0v) is 15.5. The molecule has 140 valence electrons. The minimum Gasteiger partial charge on any atom is -0.395 e. The normalized spacial score (nSPS) is 15.3. The second-order valence-corrected chi connectivity index (χ2v) is 7.44. The van der Waals surface area contributed by atoms with Crippen LogP contribution in [0.5, 0.6) is 0 Å². The molecule has 0 radical (unpaired) electrons. The molecule has 1 aromatic carbocycles. The van der Waals surface area contributed by atoms with E-state index in [1.165, 1.54) is 42.7 Å². The van der Waals surface area contributed by atoms with Crippen LogP contribution >= 0.6 is 11.3 Å². The van der Waals surface area contributed by atoms with Crippen LogP contribution < -0.4 is 5.32 Å². The number of hydrogen-bond acceptors (Lipinski definition) is 5. The fourth-order valence-electron chi connectivity index (χ4n) is 3.39. The first-order chi connectivity index (χ1) is 12.7. The fraction of sp³-hybridized carbons (Fsp3) is 0.474. The van der Waals surface area contributed by atoms with E-state index in [0.29, 0.717) is 23.4 Å². The first-order valence-electron chi connectivity index (χ1n) is 9.02. The number of anilines is 1. The molecule has 0 atom stereocenters. The predicted octanol–water partition coefficient (Wildman–Crippen LogP) is 3.51. The first kappa shape index (κ1) is 18.9. The van der Waals surface area contributed by atoms with E-state index < -0.39 is 0 Å². The van der Waals surface area contributed by atoms with Gasteiger partial charge >= 0.3 is 0 Å². The van der Waals surface area contributed by atoms with Crippen LogP contribution in [0.3, 0.4) is 0 Å². The van der Waals surface area contributed by atoms with Gasteiger partial charge in [0.15, 0.2) is 5.13 Å². The van der Waals surface area contributed by atoms with Gasteiger partial charge in [-0.05, 0) is 37.1 Å². The lowest BCUT2D eigenvalue weighted by Crippen LogP contribution is -2.43. The third kappa shape index (κ3) is 5.09. The maximum absolute atomic E-state index is 13.0. The number of halogens is 1. The highest BCUT2D eigenvalue weighted by atomic mass is 32.1. The third-order valence-electron chi connectivity index (χ3n) is 4.72. The minimum absolute atomic E-state index is 0.0513. The Morgan fingerprint density at radius 1 is 1.27 bits per heavy atom. The van der Waals surface area contributed by atoms with E-state index in [9.17, 15) is 14.3 Å². The van der Waals surface area contributed by atoms with Crippen LogP contribution in [-0.4, -0.2) is 46.6 Å². The minimum atomic E-state index is -0.288. The van der Waals surface area contributed by atoms with Crippen LogP contribution in [0, 0.1) is 5.82 Å². The van der Waals surface area contributed by atoms with Crippen LogP contribution in [0.2, 0.25) is 0 Å². The largest absolute Gasteiger partial charge is 0.395 e. The highest BCUT2D eigenvalue weighted by molar-refractivity contribution is 7.14. The van der Waals surface area contributed by atoms with E-state index >= 15 is 0 Å². The van der Waals surface area contributed by atoms with Crippen LogP contribution in [-0.2, 0) is 4.79 Å². The number of benzene rings is 1. The van der Waals surface area contributed by atoms with Gasteiger partial charge in [0, 0.05) is 23.5 Å². The number of nitrogens with zero attached hydrogens (tertiary/aromatic N) is 2. The van der Waals surface area contributed by atoms with Gasteiger partial charge in [0.1, 0.15) is 5.82 Å². The molecule has 2 N–H and O–H groups in total. The van der Waals surface area contributed by atoms with Crippen molar-refractivity contribution in [2.75, 3.05) is 25.0 Å². The van der Waals surface area contributed by atoms with Crippen molar-refractivity contribution in [2.24, 2.45) is 0 Å². The molecule has 0 saturated heterocycles. The van der Waals surface area contributed by atoms with Gasteiger partial charge in [0.05, 0.1) is 18.8 Å². The standard InChI is InChI=1S/C19H24FN3O2S/c20-15-8-6-14(7-9-15)17-13-26-19(21-17)22-18(25)12-23(10-11-24)16-4-2-1-3-5-16/h6-9,13,16,24H,1-5,10-12H2,(H,21,22,25). The summed E-state index contributed by atoms with van der Waals surface area (Å²) in [7, 11) is 0. The molecule has 1 fully saturated rings. The highest BCUT2D eigenvalue weighted by Crippen LogP contribution is 2.25. The molecule has 1 aliphatic rings. The first-order valence-corrected chi connectivity index (χ1v) is 9.90. The van der Waals surface area contributed by atoms with Crippen molar-refractivity contribution in [1.29, 1.82) is 0 Å². The van der Waals surface area contributed by atoms with Gasteiger partial charge in [0.25, 0.3) is 0 Å². The van der Waals surface area contributed by atoms with E-state index in [1.54, 1.807) is 12.1 Å². The molecular formula is C19H24FN3O2S. The van der Waals surface area contributed by atoms with Gasteiger partial charge in [-0.15, -0.1) is 11.3 Å². The maximum Gasteiger partial charge on any atom is 0.240 e. The summed E-state index contributed by atoms with van der Waals surface area (Å²) in [6.45, 7) is 0.823. The second kappa shape index (κ2) is 9.21. The molecule has 1 aliphatic carbocycles. The summed E-state index contributed by atoms with van der Waals surface area (Å²) in [5, 5.41) is 14.5. The molecule has 1 heterocycles. The summed E-state index contributed by atoms with van der Waals surface area (Å²) in [6, 6.07) is 6.49. The molecule has 26 heavy (non-hydrogen) atoms. The quantitative estimate of drug-likeness (QED) is 0.775. The van der Waals surface area contributed by atoms with Crippen molar-refractivity contribution in [2.45, 2.75) is 38.1 Å². The molecule has 1 aromatic heterocycles. The van der Waals surface area contributed by atoms with Gasteiger partial charge in [-0.1, -0.05) is 19.3 Å². The number of carbonyl (C=O) groups is 1. The Balaban J connectivity index is 1.59. The van der Waals surface area contributed by atoms with Crippen LogP contribution in [0.15, 0.2) is 29.6 Å². The van der Waals surface area contributed by atoms with Crippen molar-refractivity contribution in [3.05, 3.63) is 35.5 Å². The molecular weight excluding hydrogens is 353 g/mol. The van der Waals surface area contributed by atoms with Crippen molar-refractivity contribution in [3.63, 3.8) is 0 Å². The lowest BCUT2D eigenvalue weighted by atomic mass is 9.94. The molecule has 2 aromatic rings. The Morgan fingerprint density at radius 2 is 2.00 bits per heavy atom. The molecule has 0 aliphatic heterocycles. The monoisotopic (exact) mass is 377 g/mol. The lowest BCUT2D eigenvalue weighted by Gasteiger charge is -2.33. The smallest absolute Gasteiger partial charge is 0.240 e. The van der Waals surface area contributed by atoms with Crippen molar-refractivity contribution in [1.82, 2.24) is 9.88 Å². The molecule has 1 amide bonds. The molecule has 0 unspecified atom stereocenters. The zero-order valence-electron chi connectivity index (χ0n) is 14.7. The number of rotatable bonds is 7. The number of aliphatic hydroxyl groups is 1. The van der Waals surface area contributed by atoms with E-state index in [0.717, 1.165) is 18.4 Å². The van der Waals surface area contributed by atoms with Crippen molar-refractivity contribution in [3.8, 4) is 11.3 Å². The molecule has 3 rings (SSSR count). The Kier molecular flexibility index (Phi) is 6.71. The number of thiazole rings is 1. The van der Waals surface area contributed by atoms with Gasteiger partial charge in [-0.3, -0.25) is 9.69 Å². The van der Waals surface area contributed by atoms with Crippen LogP contribution in [0.4, 0.5) is 9.52 Å². The molecule has 1 saturated carbocycles. The number of aromatic nitrogens is 1. The predicted molar refractivity (Wildman–Crippen MR) is 102 cm³/mol. The zero-order chi connectivity index (χ0) is 18.4. The summed E-state index contributed by atoms with van der Waals surface area (Å²) in [6.07, 6.45) is 5.78. The Labute approximate surface area is 156 Å². The van der Waals surface area contributed by atoms with Gasteiger partial charge in [-0.2, -0.15) is 0 Å². The highest BCUT2D eigenvalue weighted by Gasteiger charge is 2.23. The molecule has 0 bridgehead atoms. The Bertz CT molecular complexity index is 714. The third-order valence-corrected chi connectivity index (χ3v) is 5.47. The van der Waals surface area contributed by atoms with Crippen LogP contribution in [0.25, 0.3) is 11.3 Å². The maximum atomic E-state index is 13.0. The second-order valence-electron chi connectivity index (χ2n) is 6.58. The molecule has 5 nitrogen and oxygen atoms in total. The number of hydrogen-bond donors (Lipinski definition) is 2. The summed E-state index contributed by atoms with van der Waals surface area (Å²) < 4.78 is 13.0. The Hall–Kier alpha value is -1.83. The summed E-state index contributed by atoms with van der Waals surface area (Å²) in [4.78, 5) is 18.9. The molecule has 0 spiro atoms. The van der Waals surface area contributed by atoms with Crippen molar-refractivity contribution < 1.29 is 14.3 Å². The topological polar surface area (TPSA) is 65.5 Å². The van der Waals surface area contributed by atoms with E-state index in [4.69, 9.17) is 0 Å². The number of nitrogens with one attached hydrogen (secondary N) is 1. The number of carbonyl (C=O) groups excluding carboxylic acids is 1. The van der Waals surface area contributed by atoms with Crippen LogP contribution in [0.1, 0.15) is 32.1 Å². The van der Waals surface area contributed by atoms with Crippen molar-refractivity contribution >= 4 is 22.4 Å². The number of amides is 1. The average Bonchev–Trinajstić information content (AvgIpc) is 3.11. The summed E-state index contributed by atoms with van der Waals surface area (Å²) in [5.74, 6) is -0.409. The summed E-state index contributed by atoms with van der Waals surface area (Å²) in [5.41, 5.74) is 1.53. The fourth-order valence-corrected chi connectivity index (χ4v) is 4.13. The lowest BCUT2D eigenvalue weighted by molar-refractivity contribution is -0.118. The number of aliphatic hydroxyl groups excluding tert-OH is 1. The average molecular weight is 377 g/mol. The summed E-state index contributed by atoms with van der Waals surface area (Å²) >= 11 is 1.35. The van der Waals surface area contributed by atoms with E-state index in [-0.39, 0.29) is 24.9 Å². The van der Waals surface area contributed by atoms with E-state index in [2.05, 4.69) is 15.2 Å².